The summed E-state index contributed by atoms with van der Waals surface area (Å²) in [7, 11) is -4.16. The number of carbonyl (C=O) groups excluding carboxylic acids is 1. The Hall–Kier alpha value is -2.71. The Labute approximate surface area is 177 Å². The Morgan fingerprint density at radius 2 is 1.62 bits per heavy atom. The van der Waals surface area contributed by atoms with Crippen LogP contribution in [0.2, 0.25) is 0 Å². The fourth-order valence-electron chi connectivity index (χ4n) is 2.66. The van der Waals surface area contributed by atoms with Crippen LogP contribution in [0.5, 0.6) is 0 Å². The van der Waals surface area contributed by atoms with Gasteiger partial charge in [0.05, 0.1) is 10.6 Å². The van der Waals surface area contributed by atoms with Gasteiger partial charge in [0.1, 0.15) is 12.4 Å². The van der Waals surface area contributed by atoms with Crippen LogP contribution in [-0.2, 0) is 14.8 Å². The van der Waals surface area contributed by atoms with Crippen LogP contribution < -0.4 is 9.62 Å². The second kappa shape index (κ2) is 8.75. The number of halogens is 2. The summed E-state index contributed by atoms with van der Waals surface area (Å²) in [4.78, 5) is 12.5. The van der Waals surface area contributed by atoms with Crippen molar-refractivity contribution in [3.05, 3.63) is 88.6 Å². The smallest absolute Gasteiger partial charge is 0.264 e. The van der Waals surface area contributed by atoms with E-state index in [1.807, 2.05) is 6.92 Å². The van der Waals surface area contributed by atoms with E-state index in [0.717, 1.165) is 20.4 Å². The second-order valence-corrected chi connectivity index (χ2v) is 9.11. The molecule has 0 heterocycles. The number of hydrogen-bond acceptors (Lipinski definition) is 3. The number of para-hydroxylation sites is 1. The molecule has 3 rings (SSSR count). The fraction of sp³-hybridized carbons (Fsp3) is 0.0952. The summed E-state index contributed by atoms with van der Waals surface area (Å²) in [5.74, 6) is -1.33. The SMILES string of the molecule is Cc1ccc(S(=O)(=O)N(CC(=O)Nc2ccc(Br)cc2)c2ccccc2F)cc1. The van der Waals surface area contributed by atoms with Gasteiger partial charge in [0, 0.05) is 10.2 Å². The Bertz CT molecular complexity index is 1120. The van der Waals surface area contributed by atoms with Gasteiger partial charge in [0.25, 0.3) is 10.0 Å². The van der Waals surface area contributed by atoms with E-state index in [2.05, 4.69) is 21.2 Å². The minimum atomic E-state index is -4.16. The summed E-state index contributed by atoms with van der Waals surface area (Å²) in [6.07, 6.45) is 0. The quantitative estimate of drug-likeness (QED) is 0.558. The molecule has 3 aromatic rings. The Balaban J connectivity index is 1.95. The van der Waals surface area contributed by atoms with Crippen molar-refractivity contribution in [2.45, 2.75) is 11.8 Å². The summed E-state index contributed by atoms with van der Waals surface area (Å²) in [6.45, 7) is 1.25. The van der Waals surface area contributed by atoms with Crippen LogP contribution in [0, 0.1) is 12.7 Å². The molecule has 0 unspecified atom stereocenters. The molecule has 0 radical (unpaired) electrons. The molecule has 0 atom stereocenters. The van der Waals surface area contributed by atoms with E-state index in [0.29, 0.717) is 5.69 Å². The molecule has 5 nitrogen and oxygen atoms in total. The first-order chi connectivity index (χ1) is 13.8. The number of nitrogens with one attached hydrogen (secondary N) is 1. The van der Waals surface area contributed by atoms with E-state index in [-0.39, 0.29) is 10.6 Å². The molecule has 0 spiro atoms. The number of hydrogen-bond donors (Lipinski definition) is 1. The molecule has 3 aromatic carbocycles. The maximum atomic E-state index is 14.4. The summed E-state index contributed by atoms with van der Waals surface area (Å²) in [6, 6.07) is 18.4. The normalized spacial score (nSPS) is 11.1. The van der Waals surface area contributed by atoms with Gasteiger partial charge >= 0.3 is 0 Å². The zero-order valence-electron chi connectivity index (χ0n) is 15.5. The van der Waals surface area contributed by atoms with Gasteiger partial charge < -0.3 is 5.32 Å². The van der Waals surface area contributed by atoms with Crippen molar-refractivity contribution in [2.24, 2.45) is 0 Å². The molecule has 1 amide bonds. The van der Waals surface area contributed by atoms with Crippen molar-refractivity contribution in [3.63, 3.8) is 0 Å². The number of rotatable bonds is 6. The topological polar surface area (TPSA) is 66.5 Å². The molecule has 0 aromatic heterocycles. The van der Waals surface area contributed by atoms with Gasteiger partial charge in [-0.3, -0.25) is 9.10 Å². The second-order valence-electron chi connectivity index (χ2n) is 6.33. The molecule has 0 aliphatic heterocycles. The lowest BCUT2D eigenvalue weighted by Gasteiger charge is -2.24. The lowest BCUT2D eigenvalue weighted by Crippen LogP contribution is -2.38. The zero-order valence-corrected chi connectivity index (χ0v) is 17.9. The van der Waals surface area contributed by atoms with Crippen molar-refractivity contribution < 1.29 is 17.6 Å². The Kier molecular flexibility index (Phi) is 6.34. The Morgan fingerprint density at radius 3 is 2.24 bits per heavy atom. The van der Waals surface area contributed by atoms with Crippen LogP contribution in [0.4, 0.5) is 15.8 Å². The van der Waals surface area contributed by atoms with Gasteiger partial charge in [-0.2, -0.15) is 0 Å². The third-order valence-electron chi connectivity index (χ3n) is 4.15. The molecular formula is C21H18BrFN2O3S. The number of sulfonamides is 1. The molecule has 0 saturated heterocycles. The number of aryl methyl sites for hydroxylation is 1. The van der Waals surface area contributed by atoms with E-state index in [1.165, 1.54) is 30.3 Å². The fourth-order valence-corrected chi connectivity index (χ4v) is 4.35. The average molecular weight is 477 g/mol. The minimum Gasteiger partial charge on any atom is -0.325 e. The van der Waals surface area contributed by atoms with Gasteiger partial charge in [-0.25, -0.2) is 12.8 Å². The third-order valence-corrected chi connectivity index (χ3v) is 6.45. The number of anilines is 2. The van der Waals surface area contributed by atoms with Crippen LogP contribution in [0.3, 0.4) is 0 Å². The highest BCUT2D eigenvalue weighted by Crippen LogP contribution is 2.26. The molecule has 150 valence electrons. The maximum Gasteiger partial charge on any atom is 0.264 e. The molecule has 0 aliphatic rings. The largest absolute Gasteiger partial charge is 0.325 e. The minimum absolute atomic E-state index is 0.0252. The number of nitrogens with zero attached hydrogens (tertiary/aromatic N) is 1. The monoisotopic (exact) mass is 476 g/mol. The van der Waals surface area contributed by atoms with Crippen LogP contribution in [0.25, 0.3) is 0 Å². The van der Waals surface area contributed by atoms with Crippen LogP contribution >= 0.6 is 15.9 Å². The molecule has 0 saturated carbocycles. The molecule has 29 heavy (non-hydrogen) atoms. The third kappa shape index (κ3) is 5.02. The van der Waals surface area contributed by atoms with E-state index < -0.39 is 28.3 Å². The van der Waals surface area contributed by atoms with Gasteiger partial charge in [0.15, 0.2) is 0 Å². The first-order valence-corrected chi connectivity index (χ1v) is 10.9. The predicted octanol–water partition coefficient (Wildman–Crippen LogP) is 4.73. The van der Waals surface area contributed by atoms with Crippen molar-refractivity contribution >= 4 is 43.2 Å². The van der Waals surface area contributed by atoms with Crippen LogP contribution in [0.15, 0.2) is 82.2 Å². The summed E-state index contributed by atoms with van der Waals surface area (Å²) in [5.41, 5.74) is 1.19. The Morgan fingerprint density at radius 1 is 1.00 bits per heavy atom. The molecule has 0 fully saturated rings. The lowest BCUT2D eigenvalue weighted by atomic mass is 10.2. The van der Waals surface area contributed by atoms with Crippen molar-refractivity contribution in [1.29, 1.82) is 0 Å². The van der Waals surface area contributed by atoms with Crippen molar-refractivity contribution in [3.8, 4) is 0 Å². The highest BCUT2D eigenvalue weighted by Gasteiger charge is 2.29. The van der Waals surface area contributed by atoms with E-state index in [1.54, 1.807) is 36.4 Å². The van der Waals surface area contributed by atoms with E-state index in [4.69, 9.17) is 0 Å². The van der Waals surface area contributed by atoms with E-state index in [9.17, 15) is 17.6 Å². The number of carbonyl (C=O) groups is 1. The standard InChI is InChI=1S/C21H18BrFN2O3S/c1-15-6-12-18(13-7-15)29(27,28)25(20-5-3-2-4-19(20)23)14-21(26)24-17-10-8-16(22)9-11-17/h2-13H,14H2,1H3,(H,24,26). The predicted molar refractivity (Wildman–Crippen MR) is 115 cm³/mol. The summed E-state index contributed by atoms with van der Waals surface area (Å²) >= 11 is 3.31. The molecule has 0 aliphatic carbocycles. The van der Waals surface area contributed by atoms with Crippen LogP contribution in [-0.4, -0.2) is 20.9 Å². The van der Waals surface area contributed by atoms with Crippen LogP contribution in [0.1, 0.15) is 5.56 Å². The van der Waals surface area contributed by atoms with Gasteiger partial charge in [-0.15, -0.1) is 0 Å². The van der Waals surface area contributed by atoms with Gasteiger partial charge in [0.2, 0.25) is 5.91 Å². The highest BCUT2D eigenvalue weighted by molar-refractivity contribution is 9.10. The first kappa shape index (κ1) is 21.0. The number of amides is 1. The average Bonchev–Trinajstić information content (AvgIpc) is 2.69. The first-order valence-electron chi connectivity index (χ1n) is 8.67. The molecule has 0 bridgehead atoms. The zero-order chi connectivity index (χ0) is 21.0. The lowest BCUT2D eigenvalue weighted by molar-refractivity contribution is -0.114. The molecule has 8 heteroatoms. The molecule has 1 N–H and O–H groups in total. The van der Waals surface area contributed by atoms with Crippen molar-refractivity contribution in [1.82, 2.24) is 0 Å². The highest BCUT2D eigenvalue weighted by atomic mass is 79.9. The van der Waals surface area contributed by atoms with Crippen molar-refractivity contribution in [2.75, 3.05) is 16.2 Å². The summed E-state index contributed by atoms with van der Waals surface area (Å²) in [5, 5.41) is 2.63. The van der Waals surface area contributed by atoms with Gasteiger partial charge in [-0.05, 0) is 55.5 Å². The summed E-state index contributed by atoms with van der Waals surface area (Å²) < 4.78 is 42.4. The number of benzene rings is 3. The maximum absolute atomic E-state index is 14.4. The molecular weight excluding hydrogens is 459 g/mol. The van der Waals surface area contributed by atoms with E-state index >= 15 is 0 Å². The van der Waals surface area contributed by atoms with Gasteiger partial charge in [-0.1, -0.05) is 45.8 Å².